The molecule has 3 heterocycles. The van der Waals surface area contributed by atoms with Crippen LogP contribution in [-0.2, 0) is 9.59 Å². The van der Waals surface area contributed by atoms with E-state index >= 15 is 0 Å². The number of amides is 2. The second kappa shape index (κ2) is 5.80. The fourth-order valence-corrected chi connectivity index (χ4v) is 5.25. The molecule has 5 nitrogen and oxygen atoms in total. The molecule has 0 aliphatic carbocycles. The summed E-state index contributed by atoms with van der Waals surface area (Å²) in [5.74, 6) is 1.51. The smallest absolute Gasteiger partial charge is 0.246 e. The molecule has 4 rings (SSSR count). The van der Waals surface area contributed by atoms with Crippen LogP contribution in [0.2, 0.25) is 0 Å². The summed E-state index contributed by atoms with van der Waals surface area (Å²) in [7, 11) is 1.79. The molecular formula is C19H22N2O3S. The van der Waals surface area contributed by atoms with Gasteiger partial charge in [0.1, 0.15) is 17.4 Å². The number of furan rings is 1. The Hall–Kier alpha value is -1.95. The predicted molar refractivity (Wildman–Crippen MR) is 98.1 cm³/mol. The number of benzene rings is 1. The molecule has 0 bridgehead atoms. The van der Waals surface area contributed by atoms with Gasteiger partial charge >= 0.3 is 0 Å². The molecule has 3 atom stereocenters. The molecule has 25 heavy (non-hydrogen) atoms. The summed E-state index contributed by atoms with van der Waals surface area (Å²) < 4.78 is 5.91. The third-order valence-corrected chi connectivity index (χ3v) is 7.02. The number of para-hydroxylation sites is 1. The molecule has 2 aliphatic rings. The van der Waals surface area contributed by atoms with Crippen LogP contribution in [0.5, 0.6) is 0 Å². The Kier molecular flexibility index (Phi) is 3.83. The maximum atomic E-state index is 13.1. The summed E-state index contributed by atoms with van der Waals surface area (Å²) in [5.41, 5.74) is 0.823. The second-order valence-corrected chi connectivity index (χ2v) is 8.58. The summed E-state index contributed by atoms with van der Waals surface area (Å²) in [5, 5.41) is 1.03. The molecule has 132 valence electrons. The highest BCUT2D eigenvalue weighted by Crippen LogP contribution is 2.47. The number of thioether (sulfide) groups is 1. The largest absolute Gasteiger partial charge is 0.459 e. The van der Waals surface area contributed by atoms with E-state index in [0.717, 1.165) is 23.2 Å². The van der Waals surface area contributed by atoms with Crippen molar-refractivity contribution < 1.29 is 14.0 Å². The summed E-state index contributed by atoms with van der Waals surface area (Å²) in [6, 6.07) is 9.25. The van der Waals surface area contributed by atoms with Crippen LogP contribution in [0.3, 0.4) is 0 Å². The lowest BCUT2D eigenvalue weighted by Crippen LogP contribution is -2.50. The van der Waals surface area contributed by atoms with Gasteiger partial charge in [-0.1, -0.05) is 18.2 Å². The third kappa shape index (κ3) is 2.54. The normalized spacial score (nSPS) is 26.9. The van der Waals surface area contributed by atoms with Crippen molar-refractivity contribution >= 4 is 34.5 Å². The lowest BCUT2D eigenvalue weighted by molar-refractivity contribution is -0.144. The van der Waals surface area contributed by atoms with Gasteiger partial charge in [0.25, 0.3) is 0 Å². The molecular weight excluding hydrogens is 336 g/mol. The zero-order valence-corrected chi connectivity index (χ0v) is 15.5. The number of rotatable bonds is 3. The number of likely N-dealkylation sites (N-methyl/N-ethyl adjacent to an activating group) is 1. The SMILES string of the molecule is CC(c1cc2ccccc2o1)N(C)C(=O)C1CSC2(C)CCC(=O)N12. The molecule has 0 N–H and O–H groups in total. The minimum absolute atomic E-state index is 0.0144. The van der Waals surface area contributed by atoms with Gasteiger partial charge in [0.15, 0.2) is 0 Å². The van der Waals surface area contributed by atoms with Crippen molar-refractivity contribution in [3.8, 4) is 0 Å². The highest BCUT2D eigenvalue weighted by atomic mass is 32.2. The second-order valence-electron chi connectivity index (χ2n) is 7.08. The number of fused-ring (bicyclic) bond motifs is 2. The van der Waals surface area contributed by atoms with Gasteiger partial charge in [-0.25, -0.2) is 0 Å². The lowest BCUT2D eigenvalue weighted by atomic mass is 10.1. The number of carbonyl (C=O) groups is 2. The number of hydrogen-bond acceptors (Lipinski definition) is 4. The van der Waals surface area contributed by atoms with Gasteiger partial charge in [0.05, 0.1) is 10.9 Å². The topological polar surface area (TPSA) is 53.8 Å². The van der Waals surface area contributed by atoms with Crippen LogP contribution in [0.1, 0.15) is 38.5 Å². The first kappa shape index (κ1) is 16.5. The van der Waals surface area contributed by atoms with E-state index in [9.17, 15) is 9.59 Å². The average Bonchev–Trinajstić information content (AvgIpc) is 3.26. The Morgan fingerprint density at radius 1 is 1.44 bits per heavy atom. The molecule has 0 spiro atoms. The van der Waals surface area contributed by atoms with Gasteiger partial charge in [0, 0.05) is 24.6 Å². The first-order valence-corrected chi connectivity index (χ1v) is 9.60. The number of carbonyl (C=O) groups excluding carboxylic acids is 2. The van der Waals surface area contributed by atoms with Crippen molar-refractivity contribution in [3.05, 3.63) is 36.1 Å². The van der Waals surface area contributed by atoms with E-state index in [1.165, 1.54) is 0 Å². The molecule has 2 aromatic rings. The fourth-order valence-electron chi connectivity index (χ4n) is 3.83. The van der Waals surface area contributed by atoms with Crippen LogP contribution in [0, 0.1) is 0 Å². The molecule has 0 radical (unpaired) electrons. The van der Waals surface area contributed by atoms with Crippen molar-refractivity contribution in [2.75, 3.05) is 12.8 Å². The summed E-state index contributed by atoms with van der Waals surface area (Å²) in [4.78, 5) is 28.7. The Bertz CT molecular complexity index is 815. The first-order valence-electron chi connectivity index (χ1n) is 8.62. The monoisotopic (exact) mass is 358 g/mol. The third-order valence-electron chi connectivity index (χ3n) is 5.51. The highest BCUT2D eigenvalue weighted by Gasteiger charge is 2.53. The van der Waals surface area contributed by atoms with Crippen molar-refractivity contribution in [2.45, 2.75) is 43.6 Å². The van der Waals surface area contributed by atoms with Crippen molar-refractivity contribution in [1.29, 1.82) is 0 Å². The molecule has 2 amide bonds. The quantitative estimate of drug-likeness (QED) is 0.844. The molecule has 2 fully saturated rings. The average molecular weight is 358 g/mol. The van der Waals surface area contributed by atoms with E-state index < -0.39 is 0 Å². The highest BCUT2D eigenvalue weighted by molar-refractivity contribution is 8.01. The van der Waals surface area contributed by atoms with Crippen molar-refractivity contribution in [1.82, 2.24) is 9.80 Å². The molecule has 1 aromatic heterocycles. The molecule has 6 heteroatoms. The van der Waals surface area contributed by atoms with Gasteiger partial charge < -0.3 is 14.2 Å². The minimum Gasteiger partial charge on any atom is -0.459 e. The summed E-state index contributed by atoms with van der Waals surface area (Å²) in [6.45, 7) is 4.03. The van der Waals surface area contributed by atoms with Crippen LogP contribution in [-0.4, -0.2) is 45.3 Å². The Morgan fingerprint density at radius 3 is 2.96 bits per heavy atom. The van der Waals surface area contributed by atoms with Gasteiger partial charge in [0.2, 0.25) is 11.8 Å². The van der Waals surface area contributed by atoms with Crippen LogP contribution >= 0.6 is 11.8 Å². The molecule has 2 saturated heterocycles. The molecule has 2 aliphatic heterocycles. The van der Waals surface area contributed by atoms with E-state index in [1.807, 2.05) is 42.2 Å². The molecule has 3 unspecified atom stereocenters. The van der Waals surface area contributed by atoms with Gasteiger partial charge in [-0.3, -0.25) is 9.59 Å². The van der Waals surface area contributed by atoms with E-state index in [2.05, 4.69) is 6.92 Å². The Labute approximate surface area is 151 Å². The Balaban J connectivity index is 1.56. The van der Waals surface area contributed by atoms with Gasteiger partial charge in [-0.15, -0.1) is 11.8 Å². The zero-order valence-electron chi connectivity index (χ0n) is 14.7. The summed E-state index contributed by atoms with van der Waals surface area (Å²) >= 11 is 1.72. The molecule has 1 aromatic carbocycles. The van der Waals surface area contributed by atoms with Gasteiger partial charge in [-0.05, 0) is 32.4 Å². The fraction of sp³-hybridized carbons (Fsp3) is 0.474. The number of hydrogen-bond donors (Lipinski definition) is 0. The van der Waals surface area contributed by atoms with Crippen LogP contribution in [0.4, 0.5) is 0 Å². The maximum absolute atomic E-state index is 13.1. The van der Waals surface area contributed by atoms with Crippen LogP contribution < -0.4 is 0 Å². The maximum Gasteiger partial charge on any atom is 0.246 e. The van der Waals surface area contributed by atoms with Crippen molar-refractivity contribution in [3.63, 3.8) is 0 Å². The predicted octanol–water partition coefficient (Wildman–Crippen LogP) is 3.41. The summed E-state index contributed by atoms with van der Waals surface area (Å²) in [6.07, 6.45) is 1.36. The van der Waals surface area contributed by atoms with Gasteiger partial charge in [-0.2, -0.15) is 0 Å². The van der Waals surface area contributed by atoms with E-state index in [0.29, 0.717) is 12.2 Å². The van der Waals surface area contributed by atoms with E-state index in [4.69, 9.17) is 4.42 Å². The number of nitrogens with zero attached hydrogens (tertiary/aromatic N) is 2. The first-order chi connectivity index (χ1) is 11.9. The Morgan fingerprint density at radius 2 is 2.20 bits per heavy atom. The van der Waals surface area contributed by atoms with E-state index in [-0.39, 0.29) is 28.8 Å². The molecule has 0 saturated carbocycles. The standard InChI is InChI=1S/C19H22N2O3S/c1-12(16-10-13-6-4-5-7-15(13)24-16)20(3)18(23)14-11-25-19(2)9-8-17(22)21(14)19/h4-7,10,12,14H,8-9,11H2,1-3H3. The zero-order chi connectivity index (χ0) is 17.8. The lowest BCUT2D eigenvalue weighted by Gasteiger charge is -2.33. The minimum atomic E-state index is -0.373. The van der Waals surface area contributed by atoms with Crippen LogP contribution in [0.25, 0.3) is 11.0 Å². The van der Waals surface area contributed by atoms with Crippen molar-refractivity contribution in [2.24, 2.45) is 0 Å². The van der Waals surface area contributed by atoms with E-state index in [1.54, 1.807) is 23.7 Å². The van der Waals surface area contributed by atoms with Crippen LogP contribution in [0.15, 0.2) is 34.7 Å².